The minimum Gasteiger partial charge on any atom is -0.495 e. The van der Waals surface area contributed by atoms with Gasteiger partial charge in [-0.3, -0.25) is 0 Å². The van der Waals surface area contributed by atoms with Gasteiger partial charge in [-0.2, -0.15) is 0 Å². The number of hydrogen-bond donors (Lipinski definition) is 3. The van der Waals surface area contributed by atoms with E-state index in [1.807, 2.05) is 24.3 Å². The molecular weight excluding hydrogens is 426 g/mol. The van der Waals surface area contributed by atoms with Crippen LogP contribution in [0.2, 0.25) is 5.02 Å². The smallest absolute Gasteiger partial charge is 0.323 e. The molecule has 164 valence electrons. The van der Waals surface area contributed by atoms with Gasteiger partial charge in [0.2, 0.25) is 0 Å². The van der Waals surface area contributed by atoms with E-state index in [1.165, 1.54) is 19.8 Å². The number of amides is 2. The van der Waals surface area contributed by atoms with Crippen LogP contribution >= 0.6 is 11.6 Å². The number of nitrogens with one attached hydrogen (secondary N) is 3. The molecule has 0 unspecified atom stereocenters. The third kappa shape index (κ3) is 4.22. The highest BCUT2D eigenvalue weighted by molar-refractivity contribution is 6.32. The first-order valence-electron chi connectivity index (χ1n) is 10.2. The maximum atomic E-state index is 13.0. The number of halogens is 1. The van der Waals surface area contributed by atoms with E-state index < -0.39 is 6.03 Å². The zero-order chi connectivity index (χ0) is 22.7. The highest BCUT2D eigenvalue weighted by Crippen LogP contribution is 2.37. The van der Waals surface area contributed by atoms with E-state index >= 15 is 0 Å². The summed E-state index contributed by atoms with van der Waals surface area (Å²) in [7, 11) is 3.04. The van der Waals surface area contributed by atoms with E-state index in [9.17, 15) is 4.79 Å². The first-order valence-corrected chi connectivity index (χ1v) is 10.6. The molecule has 6 nitrogen and oxygen atoms in total. The molecular formula is C25H24ClN3O3. The summed E-state index contributed by atoms with van der Waals surface area (Å²) in [6, 6.07) is 18.9. The minimum atomic E-state index is -0.416. The third-order valence-electron chi connectivity index (χ3n) is 5.32. The molecule has 0 atom stereocenters. The van der Waals surface area contributed by atoms with E-state index in [1.54, 1.807) is 12.1 Å². The molecule has 2 amide bonds. The van der Waals surface area contributed by atoms with Gasteiger partial charge in [-0.05, 0) is 24.1 Å². The van der Waals surface area contributed by atoms with Gasteiger partial charge < -0.3 is 25.1 Å². The van der Waals surface area contributed by atoms with Crippen LogP contribution in [0.15, 0.2) is 60.7 Å². The summed E-state index contributed by atoms with van der Waals surface area (Å²) in [6.07, 6.45) is 0.965. The van der Waals surface area contributed by atoms with Crippen LogP contribution < -0.4 is 20.1 Å². The van der Waals surface area contributed by atoms with Crippen LogP contribution in [0.25, 0.3) is 22.2 Å². The summed E-state index contributed by atoms with van der Waals surface area (Å²) in [4.78, 5) is 16.4. The number of fused-ring (bicyclic) bond motifs is 1. The largest absolute Gasteiger partial charge is 0.495 e. The van der Waals surface area contributed by atoms with Crippen molar-refractivity contribution in [2.24, 2.45) is 0 Å². The van der Waals surface area contributed by atoms with Gasteiger partial charge in [-0.25, -0.2) is 4.79 Å². The average molecular weight is 450 g/mol. The molecule has 0 aliphatic rings. The molecule has 1 heterocycles. The molecule has 0 saturated heterocycles. The lowest BCUT2D eigenvalue weighted by atomic mass is 10.1. The fraction of sp³-hybridized carbons (Fsp3) is 0.160. The Morgan fingerprint density at radius 1 is 0.969 bits per heavy atom. The van der Waals surface area contributed by atoms with Crippen LogP contribution in [0.1, 0.15) is 12.5 Å². The quantitative estimate of drug-likeness (QED) is 0.306. The van der Waals surface area contributed by atoms with Crippen LogP contribution in [-0.4, -0.2) is 25.2 Å². The van der Waals surface area contributed by atoms with Gasteiger partial charge in [0, 0.05) is 22.5 Å². The molecule has 0 fully saturated rings. The highest BCUT2D eigenvalue weighted by Gasteiger charge is 2.17. The van der Waals surface area contributed by atoms with Gasteiger partial charge in [-0.15, -0.1) is 0 Å². The summed E-state index contributed by atoms with van der Waals surface area (Å²) in [5, 5.41) is 7.10. The van der Waals surface area contributed by atoms with Crippen LogP contribution in [-0.2, 0) is 6.42 Å². The lowest BCUT2D eigenvalue weighted by Crippen LogP contribution is -2.20. The van der Waals surface area contributed by atoms with E-state index in [0.717, 1.165) is 28.6 Å². The Morgan fingerprint density at radius 2 is 1.69 bits per heavy atom. The van der Waals surface area contributed by atoms with E-state index in [4.69, 9.17) is 21.1 Å². The fourth-order valence-corrected chi connectivity index (χ4v) is 3.86. The number of rotatable bonds is 6. The molecule has 0 aliphatic carbocycles. The Hall–Kier alpha value is -3.64. The van der Waals surface area contributed by atoms with Gasteiger partial charge in [-0.1, -0.05) is 61.0 Å². The molecule has 0 bridgehead atoms. The highest BCUT2D eigenvalue weighted by atomic mass is 35.5. The number of carbonyl (C=O) groups is 1. The molecule has 1 aromatic heterocycles. The lowest BCUT2D eigenvalue weighted by molar-refractivity contribution is 0.262. The van der Waals surface area contributed by atoms with Gasteiger partial charge in [0.25, 0.3) is 0 Å². The summed E-state index contributed by atoms with van der Waals surface area (Å²) in [5.74, 6) is 0.902. The van der Waals surface area contributed by atoms with Gasteiger partial charge in [0.05, 0.1) is 36.3 Å². The number of benzene rings is 3. The van der Waals surface area contributed by atoms with Gasteiger partial charge in [0.1, 0.15) is 11.5 Å². The molecule has 32 heavy (non-hydrogen) atoms. The van der Waals surface area contributed by atoms with Crippen molar-refractivity contribution in [3.63, 3.8) is 0 Å². The summed E-state index contributed by atoms with van der Waals surface area (Å²) in [6.45, 7) is 2.12. The normalized spacial score (nSPS) is 10.8. The van der Waals surface area contributed by atoms with E-state index in [-0.39, 0.29) is 0 Å². The Balaban J connectivity index is 1.68. The predicted molar refractivity (Wildman–Crippen MR) is 130 cm³/mol. The molecule has 0 aliphatic heterocycles. The number of anilines is 2. The van der Waals surface area contributed by atoms with Crippen molar-refractivity contribution in [1.82, 2.24) is 4.98 Å². The number of urea groups is 1. The Morgan fingerprint density at radius 3 is 2.38 bits per heavy atom. The Labute approximate surface area is 191 Å². The van der Waals surface area contributed by atoms with Crippen LogP contribution in [0.5, 0.6) is 11.5 Å². The lowest BCUT2D eigenvalue weighted by Gasteiger charge is -2.14. The molecule has 4 aromatic rings. The van der Waals surface area contributed by atoms with E-state index in [2.05, 4.69) is 46.8 Å². The molecule has 3 N–H and O–H groups in total. The monoisotopic (exact) mass is 449 g/mol. The van der Waals surface area contributed by atoms with Crippen molar-refractivity contribution >= 4 is 39.9 Å². The second kappa shape index (κ2) is 9.24. The van der Waals surface area contributed by atoms with Gasteiger partial charge in [0.15, 0.2) is 0 Å². The van der Waals surface area contributed by atoms with Crippen LogP contribution in [0, 0.1) is 0 Å². The second-order valence-corrected chi connectivity index (χ2v) is 7.64. The molecule has 0 spiro atoms. The minimum absolute atomic E-state index is 0.368. The average Bonchev–Trinajstić information content (AvgIpc) is 3.17. The first kappa shape index (κ1) is 21.6. The number of hydrogen-bond acceptors (Lipinski definition) is 3. The number of carbonyl (C=O) groups excluding carboxylic acids is 1. The zero-order valence-electron chi connectivity index (χ0n) is 18.1. The number of H-pyrrole nitrogens is 1. The third-order valence-corrected chi connectivity index (χ3v) is 5.61. The molecule has 3 aromatic carbocycles. The number of aromatic amines is 1. The summed E-state index contributed by atoms with van der Waals surface area (Å²) in [5.41, 5.74) is 5.14. The molecule has 0 saturated carbocycles. The predicted octanol–water partition coefficient (Wildman–Crippen LogP) is 6.71. The standard InChI is InChI=1S/C25H24ClN3O3/c1-4-15-9-11-16(12-10-15)23-24(17-7-5-6-8-19(17)27-23)29-25(30)28-20-13-18(26)21(31-2)14-22(20)32-3/h5-14,27H,4H2,1-3H3,(H2,28,29,30). The van der Waals surface area contributed by atoms with Crippen LogP contribution in [0.3, 0.4) is 0 Å². The topological polar surface area (TPSA) is 75.4 Å². The maximum absolute atomic E-state index is 13.0. The summed E-state index contributed by atoms with van der Waals surface area (Å²) >= 11 is 6.24. The zero-order valence-corrected chi connectivity index (χ0v) is 18.8. The maximum Gasteiger partial charge on any atom is 0.323 e. The van der Waals surface area contributed by atoms with Crippen molar-refractivity contribution in [2.75, 3.05) is 24.9 Å². The first-order chi connectivity index (χ1) is 15.5. The number of aryl methyl sites for hydroxylation is 1. The van der Waals surface area contributed by atoms with Crippen molar-refractivity contribution in [3.05, 3.63) is 71.2 Å². The molecule has 4 rings (SSSR count). The fourth-order valence-electron chi connectivity index (χ4n) is 3.62. The van der Waals surface area contributed by atoms with Crippen molar-refractivity contribution in [3.8, 4) is 22.8 Å². The Kier molecular flexibility index (Phi) is 6.23. The molecule has 0 radical (unpaired) electrons. The van der Waals surface area contributed by atoms with Crippen molar-refractivity contribution in [2.45, 2.75) is 13.3 Å². The number of para-hydroxylation sites is 1. The SMILES string of the molecule is CCc1ccc(-c2[nH]c3ccccc3c2NC(=O)Nc2cc(Cl)c(OC)cc2OC)cc1. The number of aromatic nitrogens is 1. The van der Waals surface area contributed by atoms with Crippen LogP contribution in [0.4, 0.5) is 16.2 Å². The van der Waals surface area contributed by atoms with Gasteiger partial charge >= 0.3 is 6.03 Å². The number of methoxy groups -OCH3 is 2. The van der Waals surface area contributed by atoms with Crippen molar-refractivity contribution < 1.29 is 14.3 Å². The summed E-state index contributed by atoms with van der Waals surface area (Å²) < 4.78 is 10.6. The Bertz CT molecular complexity index is 1270. The number of ether oxygens (including phenoxy) is 2. The van der Waals surface area contributed by atoms with E-state index in [0.29, 0.717) is 27.9 Å². The van der Waals surface area contributed by atoms with Crippen molar-refractivity contribution in [1.29, 1.82) is 0 Å². The molecule has 7 heteroatoms. The second-order valence-electron chi connectivity index (χ2n) is 7.24.